The van der Waals surface area contributed by atoms with Gasteiger partial charge < -0.3 is 5.32 Å². The Hall–Kier alpha value is -0.920. The average molecular weight is 399 g/mol. The number of aryl methyl sites for hydroxylation is 1. The highest BCUT2D eigenvalue weighted by Gasteiger charge is 2.34. The van der Waals surface area contributed by atoms with Crippen LogP contribution in [0.5, 0.6) is 0 Å². The monoisotopic (exact) mass is 398 g/mol. The molecule has 146 valence electrons. The first-order valence-corrected chi connectivity index (χ1v) is 12.0. The Labute approximate surface area is 161 Å². The number of amides is 1. The van der Waals surface area contributed by atoms with Gasteiger partial charge in [-0.05, 0) is 63.5 Å². The quantitative estimate of drug-likeness (QED) is 0.825. The van der Waals surface area contributed by atoms with Crippen LogP contribution in [0, 0.1) is 18.8 Å². The molecule has 3 rings (SSSR count). The summed E-state index contributed by atoms with van der Waals surface area (Å²) in [6.07, 6.45) is 7.20. The van der Waals surface area contributed by atoms with Crippen LogP contribution >= 0.6 is 11.3 Å². The van der Waals surface area contributed by atoms with Crippen LogP contribution in [-0.4, -0.2) is 37.8 Å². The lowest BCUT2D eigenvalue weighted by Crippen LogP contribution is -2.48. The Kier molecular flexibility index (Phi) is 6.41. The van der Waals surface area contributed by atoms with Crippen LogP contribution in [0.2, 0.25) is 0 Å². The third-order valence-electron chi connectivity index (χ3n) is 5.84. The zero-order valence-electron chi connectivity index (χ0n) is 15.7. The Morgan fingerprint density at radius 3 is 2.58 bits per heavy atom. The van der Waals surface area contributed by atoms with Crippen molar-refractivity contribution in [1.29, 1.82) is 0 Å². The van der Waals surface area contributed by atoms with Gasteiger partial charge in [-0.3, -0.25) is 4.79 Å². The molecule has 1 aliphatic heterocycles. The molecule has 0 spiro atoms. The number of carbonyl (C=O) groups excluding carboxylic acids is 1. The number of rotatable bonds is 5. The predicted octanol–water partition coefficient (Wildman–Crippen LogP) is 3.54. The fraction of sp³-hybridized carbons (Fsp3) is 0.737. The molecule has 0 aromatic carbocycles. The Morgan fingerprint density at radius 1 is 1.23 bits per heavy atom. The van der Waals surface area contributed by atoms with Gasteiger partial charge >= 0.3 is 0 Å². The highest BCUT2D eigenvalue weighted by molar-refractivity contribution is 7.91. The minimum atomic E-state index is -3.48. The summed E-state index contributed by atoms with van der Waals surface area (Å²) in [7, 11) is -3.48. The zero-order valence-corrected chi connectivity index (χ0v) is 17.4. The molecule has 1 unspecified atom stereocenters. The standard InChI is InChI=1S/C19H30N2O3S2/c1-3-15-7-9-17(10-8-15)20-19(22)16-5-4-12-21(13-16)26(23,24)18-11-6-14(2)25-18/h6,11,15-17H,3-5,7-10,12-13H2,1-2H3,(H,20,22). The number of thiophene rings is 1. The van der Waals surface area contributed by atoms with Crippen LogP contribution in [0.1, 0.15) is 56.7 Å². The van der Waals surface area contributed by atoms with Crippen molar-refractivity contribution in [2.75, 3.05) is 13.1 Å². The molecule has 1 aromatic rings. The number of hydrogen-bond acceptors (Lipinski definition) is 4. The van der Waals surface area contributed by atoms with E-state index in [0.29, 0.717) is 17.3 Å². The van der Waals surface area contributed by atoms with E-state index in [9.17, 15) is 13.2 Å². The first-order chi connectivity index (χ1) is 12.4. The lowest BCUT2D eigenvalue weighted by Gasteiger charge is -2.33. The van der Waals surface area contributed by atoms with Gasteiger partial charge in [-0.15, -0.1) is 11.3 Å². The highest BCUT2D eigenvalue weighted by atomic mass is 32.2. The van der Waals surface area contributed by atoms with Crippen molar-refractivity contribution in [1.82, 2.24) is 9.62 Å². The summed E-state index contributed by atoms with van der Waals surface area (Å²) in [5, 5.41) is 3.19. The smallest absolute Gasteiger partial charge is 0.252 e. The van der Waals surface area contributed by atoms with E-state index >= 15 is 0 Å². The largest absolute Gasteiger partial charge is 0.353 e. The van der Waals surface area contributed by atoms with E-state index in [-0.39, 0.29) is 17.9 Å². The van der Waals surface area contributed by atoms with Gasteiger partial charge in [0.1, 0.15) is 4.21 Å². The zero-order chi connectivity index (χ0) is 18.7. The van der Waals surface area contributed by atoms with Crippen LogP contribution in [0.15, 0.2) is 16.3 Å². The van der Waals surface area contributed by atoms with Gasteiger partial charge in [-0.1, -0.05) is 13.3 Å². The fourth-order valence-corrected chi connectivity index (χ4v) is 7.05. The molecule has 2 aliphatic rings. The first kappa shape index (κ1) is 19.8. The van der Waals surface area contributed by atoms with Crippen molar-refractivity contribution in [3.05, 3.63) is 17.0 Å². The molecule has 0 bridgehead atoms. The van der Waals surface area contributed by atoms with E-state index in [2.05, 4.69) is 12.2 Å². The third-order valence-corrected chi connectivity index (χ3v) is 9.17. The van der Waals surface area contributed by atoms with Gasteiger partial charge in [-0.2, -0.15) is 4.31 Å². The molecule has 7 heteroatoms. The van der Waals surface area contributed by atoms with Crippen molar-refractivity contribution >= 4 is 27.3 Å². The third kappa shape index (κ3) is 4.49. The molecule has 1 saturated carbocycles. The van der Waals surface area contributed by atoms with E-state index < -0.39 is 10.0 Å². The maximum atomic E-state index is 12.8. The summed E-state index contributed by atoms with van der Waals surface area (Å²) in [4.78, 5) is 13.7. The topological polar surface area (TPSA) is 66.5 Å². The Bertz CT molecular complexity index is 721. The molecule has 1 amide bonds. The number of hydrogen-bond donors (Lipinski definition) is 1. The molecular weight excluding hydrogens is 368 g/mol. The number of carbonyl (C=O) groups is 1. The van der Waals surface area contributed by atoms with Crippen molar-refractivity contribution in [2.24, 2.45) is 11.8 Å². The predicted molar refractivity (Wildman–Crippen MR) is 105 cm³/mol. The van der Waals surface area contributed by atoms with Gasteiger partial charge in [0.25, 0.3) is 10.0 Å². The molecule has 1 saturated heterocycles. The molecule has 1 atom stereocenters. The van der Waals surface area contributed by atoms with Crippen molar-refractivity contribution in [3.63, 3.8) is 0 Å². The van der Waals surface area contributed by atoms with Crippen LogP contribution in [0.4, 0.5) is 0 Å². The molecule has 5 nitrogen and oxygen atoms in total. The summed E-state index contributed by atoms with van der Waals surface area (Å²) < 4.78 is 27.5. The average Bonchev–Trinajstić information content (AvgIpc) is 3.10. The van der Waals surface area contributed by atoms with E-state index in [1.54, 1.807) is 6.07 Å². The van der Waals surface area contributed by atoms with Gasteiger partial charge in [0.2, 0.25) is 5.91 Å². The Morgan fingerprint density at radius 2 is 1.96 bits per heavy atom. The van der Waals surface area contributed by atoms with E-state index in [1.807, 2.05) is 13.0 Å². The minimum absolute atomic E-state index is 0.0345. The lowest BCUT2D eigenvalue weighted by atomic mass is 9.84. The summed E-state index contributed by atoms with van der Waals surface area (Å²) in [5.41, 5.74) is 0. The van der Waals surface area contributed by atoms with Gasteiger partial charge in [-0.25, -0.2) is 8.42 Å². The van der Waals surface area contributed by atoms with Gasteiger partial charge in [0.05, 0.1) is 5.92 Å². The van der Waals surface area contributed by atoms with Crippen molar-refractivity contribution in [2.45, 2.75) is 69.0 Å². The summed E-state index contributed by atoms with van der Waals surface area (Å²) in [5.74, 6) is 0.600. The summed E-state index contributed by atoms with van der Waals surface area (Å²) in [6, 6.07) is 3.76. The van der Waals surface area contributed by atoms with Crippen LogP contribution in [0.3, 0.4) is 0 Å². The SMILES string of the molecule is CCC1CCC(NC(=O)C2CCCN(S(=O)(=O)c3ccc(C)s3)C2)CC1. The number of sulfonamides is 1. The van der Waals surface area contributed by atoms with Gasteiger partial charge in [0.15, 0.2) is 0 Å². The van der Waals surface area contributed by atoms with Crippen LogP contribution in [0.25, 0.3) is 0 Å². The normalized spacial score (nSPS) is 28.0. The first-order valence-electron chi connectivity index (χ1n) is 9.77. The van der Waals surface area contributed by atoms with Crippen molar-refractivity contribution in [3.8, 4) is 0 Å². The highest BCUT2D eigenvalue weighted by Crippen LogP contribution is 2.29. The lowest BCUT2D eigenvalue weighted by molar-refractivity contribution is -0.127. The maximum Gasteiger partial charge on any atom is 0.252 e. The molecule has 1 aromatic heterocycles. The molecule has 2 heterocycles. The summed E-state index contributed by atoms with van der Waals surface area (Å²) >= 11 is 1.30. The molecule has 1 N–H and O–H groups in total. The second-order valence-electron chi connectivity index (χ2n) is 7.70. The number of piperidine rings is 1. The van der Waals surface area contributed by atoms with E-state index in [1.165, 1.54) is 34.9 Å². The maximum absolute atomic E-state index is 12.8. The molecule has 1 aliphatic carbocycles. The number of nitrogens with one attached hydrogen (secondary N) is 1. The number of nitrogens with zero attached hydrogens (tertiary/aromatic N) is 1. The molecule has 26 heavy (non-hydrogen) atoms. The molecule has 0 radical (unpaired) electrons. The molecular formula is C19H30N2O3S2. The molecule has 2 fully saturated rings. The van der Waals surface area contributed by atoms with Gasteiger partial charge in [0, 0.05) is 24.0 Å². The van der Waals surface area contributed by atoms with E-state index in [0.717, 1.165) is 36.5 Å². The van der Waals surface area contributed by atoms with E-state index in [4.69, 9.17) is 0 Å². The summed E-state index contributed by atoms with van der Waals surface area (Å²) in [6.45, 7) is 4.94. The van der Waals surface area contributed by atoms with Crippen LogP contribution < -0.4 is 5.32 Å². The Balaban J connectivity index is 1.59. The fourth-order valence-electron chi connectivity index (χ4n) is 4.09. The second-order valence-corrected chi connectivity index (χ2v) is 11.2. The second kappa shape index (κ2) is 8.40. The minimum Gasteiger partial charge on any atom is -0.353 e. The van der Waals surface area contributed by atoms with Crippen LogP contribution in [-0.2, 0) is 14.8 Å². The van der Waals surface area contributed by atoms with Crippen molar-refractivity contribution < 1.29 is 13.2 Å².